The number of amides is 1. The molecule has 0 aromatic heterocycles. The monoisotopic (exact) mass is 281 g/mol. The van der Waals surface area contributed by atoms with Crippen molar-refractivity contribution in [2.45, 2.75) is 39.5 Å². The number of hydrogen-bond acceptors (Lipinski definition) is 5. The van der Waals surface area contributed by atoms with Crippen LogP contribution in [0.25, 0.3) is 0 Å². The Morgan fingerprint density at radius 1 is 1.33 bits per heavy atom. The number of carbonyl (C=O) groups is 1. The van der Waals surface area contributed by atoms with Crippen molar-refractivity contribution < 1.29 is 24.9 Å². The lowest BCUT2D eigenvalue weighted by molar-refractivity contribution is -0.137. The predicted octanol–water partition coefficient (Wildman–Crippen LogP) is -1.17. The Bertz CT molecular complexity index is 221. The Morgan fingerprint density at radius 2 is 1.78 bits per heavy atom. The molecule has 6 nitrogen and oxygen atoms in total. The van der Waals surface area contributed by atoms with Crippen LogP contribution in [0.4, 0.5) is 0 Å². The molecule has 0 aliphatic heterocycles. The topological polar surface area (TPSA) is 110 Å². The first-order valence-electron chi connectivity index (χ1n) is 6.04. The molecule has 7 heteroatoms. The normalized spacial score (nSPS) is 12.7. The lowest BCUT2D eigenvalue weighted by Gasteiger charge is -2.27. The average molecular weight is 281 g/mol. The quantitative estimate of drug-likeness (QED) is 0.311. The van der Waals surface area contributed by atoms with E-state index in [1.54, 1.807) is 13.8 Å². The minimum absolute atomic E-state index is 0.000230. The average Bonchev–Trinajstić information content (AvgIpc) is 2.27. The van der Waals surface area contributed by atoms with E-state index >= 15 is 0 Å². The molecule has 0 saturated heterocycles. The Labute approximate surface area is 110 Å². The maximum Gasteiger partial charge on any atom is 0.249 e. The SMILES string of the molecule is CC(C)(CO)C(O)C(=O)NCCCO.C[SiH](C)O. The first-order valence-corrected chi connectivity index (χ1v) is 8.87. The molecule has 0 radical (unpaired) electrons. The van der Waals surface area contributed by atoms with Gasteiger partial charge in [-0.2, -0.15) is 0 Å². The Balaban J connectivity index is 0. The van der Waals surface area contributed by atoms with E-state index in [0.29, 0.717) is 13.0 Å². The van der Waals surface area contributed by atoms with Crippen LogP contribution in [0.3, 0.4) is 0 Å². The molecule has 0 aliphatic carbocycles. The van der Waals surface area contributed by atoms with E-state index in [9.17, 15) is 9.90 Å². The summed E-state index contributed by atoms with van der Waals surface area (Å²) in [4.78, 5) is 19.5. The molecule has 1 unspecified atom stereocenters. The van der Waals surface area contributed by atoms with Gasteiger partial charge in [-0.25, -0.2) is 0 Å². The van der Waals surface area contributed by atoms with Crippen molar-refractivity contribution in [3.8, 4) is 0 Å². The number of rotatable bonds is 6. The van der Waals surface area contributed by atoms with Crippen LogP contribution in [0.2, 0.25) is 13.1 Å². The summed E-state index contributed by atoms with van der Waals surface area (Å²) < 4.78 is 0. The van der Waals surface area contributed by atoms with Gasteiger partial charge in [0.1, 0.15) is 6.10 Å². The molecule has 0 aromatic rings. The summed E-state index contributed by atoms with van der Waals surface area (Å²) >= 11 is 0. The molecule has 1 atom stereocenters. The number of nitrogens with one attached hydrogen (secondary N) is 1. The molecule has 0 saturated carbocycles. The Hall–Kier alpha value is -0.473. The zero-order valence-corrected chi connectivity index (χ0v) is 12.8. The van der Waals surface area contributed by atoms with E-state index < -0.39 is 26.5 Å². The molecule has 5 N–H and O–H groups in total. The van der Waals surface area contributed by atoms with Crippen molar-refractivity contribution >= 4 is 14.9 Å². The van der Waals surface area contributed by atoms with Crippen LogP contribution in [-0.2, 0) is 4.79 Å². The van der Waals surface area contributed by atoms with Crippen LogP contribution >= 0.6 is 0 Å². The second kappa shape index (κ2) is 10.4. The number of hydrogen-bond donors (Lipinski definition) is 5. The van der Waals surface area contributed by atoms with E-state index in [1.807, 2.05) is 13.1 Å². The molecule has 0 bridgehead atoms. The molecular formula is C11H27NO5Si. The Morgan fingerprint density at radius 3 is 2.11 bits per heavy atom. The van der Waals surface area contributed by atoms with E-state index in [2.05, 4.69) is 5.32 Å². The van der Waals surface area contributed by atoms with Gasteiger partial charge in [0.25, 0.3) is 0 Å². The van der Waals surface area contributed by atoms with Crippen LogP contribution < -0.4 is 5.32 Å². The molecule has 0 spiro atoms. The van der Waals surface area contributed by atoms with Gasteiger partial charge < -0.3 is 25.4 Å². The van der Waals surface area contributed by atoms with E-state index in [-0.39, 0.29) is 13.2 Å². The van der Waals surface area contributed by atoms with Gasteiger partial charge in [0, 0.05) is 18.6 Å². The van der Waals surface area contributed by atoms with Crippen molar-refractivity contribution in [2.75, 3.05) is 19.8 Å². The highest BCUT2D eigenvalue weighted by Crippen LogP contribution is 2.19. The third-order valence-electron chi connectivity index (χ3n) is 2.03. The van der Waals surface area contributed by atoms with Crippen LogP contribution in [0.15, 0.2) is 0 Å². The van der Waals surface area contributed by atoms with Gasteiger partial charge in [-0.1, -0.05) is 13.8 Å². The second-order valence-electron chi connectivity index (χ2n) is 5.01. The zero-order valence-electron chi connectivity index (χ0n) is 11.7. The van der Waals surface area contributed by atoms with Crippen LogP contribution in [-0.4, -0.2) is 60.9 Å². The summed E-state index contributed by atoms with van der Waals surface area (Å²) in [6.07, 6.45) is -0.774. The standard InChI is InChI=1S/C9H19NO4.C2H8OSi/c1-9(2,6-12)7(13)8(14)10-4-3-5-11;1-4(2)3/h7,11-13H,3-6H2,1-2H3,(H,10,14);3-4H,1-2H3. The third kappa shape index (κ3) is 10.7. The van der Waals surface area contributed by atoms with Gasteiger partial charge >= 0.3 is 0 Å². The number of carbonyl (C=O) groups excluding carboxylic acids is 1. The molecule has 1 amide bonds. The maximum atomic E-state index is 11.3. The fourth-order valence-electron chi connectivity index (χ4n) is 0.829. The Kier molecular flexibility index (Phi) is 11.5. The summed E-state index contributed by atoms with van der Waals surface area (Å²) in [5.74, 6) is -0.516. The molecule has 0 aliphatic rings. The first kappa shape index (κ1) is 19.9. The van der Waals surface area contributed by atoms with Gasteiger partial charge in [-0.15, -0.1) is 0 Å². The largest absolute Gasteiger partial charge is 0.435 e. The second-order valence-corrected chi connectivity index (χ2v) is 7.20. The molecule has 0 heterocycles. The molecule has 0 rings (SSSR count). The number of aliphatic hydroxyl groups is 3. The van der Waals surface area contributed by atoms with Gasteiger partial charge in [0.15, 0.2) is 9.04 Å². The summed E-state index contributed by atoms with van der Waals surface area (Å²) in [6.45, 7) is 6.99. The van der Waals surface area contributed by atoms with Crippen molar-refractivity contribution in [2.24, 2.45) is 5.41 Å². The molecular weight excluding hydrogens is 254 g/mol. The van der Waals surface area contributed by atoms with Crippen LogP contribution in [0, 0.1) is 5.41 Å². The summed E-state index contributed by atoms with van der Waals surface area (Å²) in [7, 11) is -1.14. The highest BCUT2D eigenvalue weighted by atomic mass is 28.3. The smallest absolute Gasteiger partial charge is 0.249 e. The van der Waals surface area contributed by atoms with Crippen molar-refractivity contribution in [1.82, 2.24) is 5.32 Å². The third-order valence-corrected chi connectivity index (χ3v) is 2.03. The van der Waals surface area contributed by atoms with Gasteiger partial charge in [0.2, 0.25) is 5.91 Å². The highest BCUT2D eigenvalue weighted by Gasteiger charge is 2.32. The minimum atomic E-state index is -1.23. The van der Waals surface area contributed by atoms with Gasteiger partial charge in [-0.3, -0.25) is 4.79 Å². The lowest BCUT2D eigenvalue weighted by atomic mass is 9.87. The first-order chi connectivity index (χ1) is 8.18. The summed E-state index contributed by atoms with van der Waals surface area (Å²) in [5.41, 5.74) is -0.844. The van der Waals surface area contributed by atoms with Gasteiger partial charge in [0.05, 0.1) is 6.61 Å². The summed E-state index contributed by atoms with van der Waals surface area (Å²) in [5, 5.41) is 29.3. The molecule has 18 heavy (non-hydrogen) atoms. The molecule has 110 valence electrons. The fraction of sp³-hybridized carbons (Fsp3) is 0.909. The van der Waals surface area contributed by atoms with E-state index in [1.165, 1.54) is 0 Å². The van der Waals surface area contributed by atoms with Gasteiger partial charge in [-0.05, 0) is 19.5 Å². The van der Waals surface area contributed by atoms with Crippen LogP contribution in [0.1, 0.15) is 20.3 Å². The maximum absolute atomic E-state index is 11.3. The highest BCUT2D eigenvalue weighted by molar-refractivity contribution is 6.46. The predicted molar refractivity (Wildman–Crippen MR) is 72.7 cm³/mol. The van der Waals surface area contributed by atoms with Crippen molar-refractivity contribution in [1.29, 1.82) is 0 Å². The minimum Gasteiger partial charge on any atom is -0.435 e. The molecule has 0 fully saturated rings. The number of aliphatic hydroxyl groups excluding tert-OH is 3. The zero-order chi connectivity index (χ0) is 14.8. The van der Waals surface area contributed by atoms with Crippen molar-refractivity contribution in [3.63, 3.8) is 0 Å². The van der Waals surface area contributed by atoms with Crippen LogP contribution in [0.5, 0.6) is 0 Å². The lowest BCUT2D eigenvalue weighted by Crippen LogP contribution is -2.45. The molecule has 0 aromatic carbocycles. The fourth-order valence-corrected chi connectivity index (χ4v) is 0.829. The van der Waals surface area contributed by atoms with E-state index in [0.717, 1.165) is 0 Å². The van der Waals surface area contributed by atoms with E-state index in [4.69, 9.17) is 15.0 Å². The van der Waals surface area contributed by atoms with Crippen molar-refractivity contribution in [3.05, 3.63) is 0 Å². The summed E-state index contributed by atoms with van der Waals surface area (Å²) in [6, 6.07) is 0.